The van der Waals surface area contributed by atoms with E-state index in [-0.39, 0.29) is 12.0 Å². The quantitative estimate of drug-likeness (QED) is 0.535. The summed E-state index contributed by atoms with van der Waals surface area (Å²) in [6.45, 7) is 2.90. The lowest BCUT2D eigenvalue weighted by Gasteiger charge is -2.31. The van der Waals surface area contributed by atoms with E-state index < -0.39 is 0 Å². The van der Waals surface area contributed by atoms with Gasteiger partial charge in [0, 0.05) is 68.1 Å². The molecule has 0 unspecified atom stereocenters. The van der Waals surface area contributed by atoms with Gasteiger partial charge < -0.3 is 25.4 Å². The first-order chi connectivity index (χ1) is 16.4. The van der Waals surface area contributed by atoms with E-state index in [1.807, 2.05) is 11.0 Å². The highest BCUT2D eigenvalue weighted by molar-refractivity contribution is 5.73. The van der Waals surface area contributed by atoms with Crippen LogP contribution >= 0.6 is 0 Å². The van der Waals surface area contributed by atoms with Gasteiger partial charge in [0.25, 0.3) is 0 Å². The fraction of sp³-hybridized carbons (Fsp3) is 0.280. The number of piperidine rings is 1. The number of nitriles is 1. The molecular weight excluding hydrogens is 432 g/mol. The van der Waals surface area contributed by atoms with Crippen molar-refractivity contribution in [2.75, 3.05) is 31.2 Å². The second-order valence-corrected chi connectivity index (χ2v) is 8.03. The predicted molar refractivity (Wildman–Crippen MR) is 129 cm³/mol. The molecule has 1 amide bonds. The number of carbonyl (C=O) groups is 1. The van der Waals surface area contributed by atoms with Gasteiger partial charge in [-0.3, -0.25) is 4.79 Å². The Labute approximate surface area is 198 Å². The number of likely N-dealkylation sites (tertiary alicyclic amines) is 1. The van der Waals surface area contributed by atoms with E-state index in [1.165, 1.54) is 0 Å². The lowest BCUT2D eigenvalue weighted by atomic mass is 10.1. The average Bonchev–Trinajstić information content (AvgIpc) is 2.84. The number of methoxy groups -OCH3 is 1. The third-order valence-electron chi connectivity index (χ3n) is 5.65. The number of carbonyl (C=O) groups excluding carboxylic acids is 1. The number of anilines is 3. The average molecular weight is 459 g/mol. The first-order valence-electron chi connectivity index (χ1n) is 11.0. The van der Waals surface area contributed by atoms with Crippen LogP contribution in [0.3, 0.4) is 0 Å². The number of nitrogens with zero attached hydrogens (tertiary/aromatic N) is 4. The van der Waals surface area contributed by atoms with Crippen LogP contribution in [0.5, 0.6) is 11.5 Å². The summed E-state index contributed by atoms with van der Waals surface area (Å²) >= 11 is 0. The summed E-state index contributed by atoms with van der Waals surface area (Å²) in [6, 6.07) is 14.7. The number of nitrogens with one attached hydrogen (secondary N) is 1. The Morgan fingerprint density at radius 3 is 2.71 bits per heavy atom. The molecule has 0 saturated carbocycles. The van der Waals surface area contributed by atoms with Gasteiger partial charge in [0.1, 0.15) is 23.7 Å². The highest BCUT2D eigenvalue weighted by Crippen LogP contribution is 2.29. The zero-order valence-corrected chi connectivity index (χ0v) is 19.1. The van der Waals surface area contributed by atoms with Crippen molar-refractivity contribution in [2.24, 2.45) is 0 Å². The van der Waals surface area contributed by atoms with Crippen molar-refractivity contribution in [1.82, 2.24) is 14.9 Å². The molecule has 1 saturated heterocycles. The van der Waals surface area contributed by atoms with Gasteiger partial charge in [-0.1, -0.05) is 0 Å². The molecule has 3 N–H and O–H groups in total. The summed E-state index contributed by atoms with van der Waals surface area (Å²) in [5.74, 6) is 1.63. The third-order valence-corrected chi connectivity index (χ3v) is 5.65. The minimum atomic E-state index is -0.0290. The Morgan fingerprint density at radius 1 is 1.21 bits per heavy atom. The smallest absolute Gasteiger partial charge is 0.227 e. The molecule has 0 atom stereocenters. The Kier molecular flexibility index (Phi) is 6.78. The molecule has 2 heterocycles. The Morgan fingerprint density at radius 2 is 2.00 bits per heavy atom. The van der Waals surface area contributed by atoms with Gasteiger partial charge in [0.05, 0.1) is 18.4 Å². The molecule has 3 aromatic rings. The molecule has 1 aromatic heterocycles. The zero-order valence-electron chi connectivity index (χ0n) is 19.1. The first-order valence-corrected chi connectivity index (χ1v) is 11.0. The van der Waals surface area contributed by atoms with E-state index >= 15 is 0 Å². The van der Waals surface area contributed by atoms with Crippen LogP contribution in [0.4, 0.5) is 17.3 Å². The molecule has 2 aromatic carbocycles. The second-order valence-electron chi connectivity index (χ2n) is 8.03. The largest absolute Gasteiger partial charge is 0.497 e. The standard InChI is InChI=1S/C25H26N6O3/c1-16(32)31-9-6-21(7-10-31)34-24-4-3-17(11-18(24)15-26)23-5-8-28-25(30-23)29-20-12-19(27)13-22(14-20)33-2/h3-5,8,11-14,21H,6-7,9-10,27H2,1-2H3,(H,28,29,30). The van der Waals surface area contributed by atoms with Crippen molar-refractivity contribution in [3.05, 3.63) is 54.2 Å². The first kappa shape index (κ1) is 22.9. The number of ether oxygens (including phenoxy) is 2. The molecule has 9 nitrogen and oxygen atoms in total. The Balaban J connectivity index is 1.50. The summed E-state index contributed by atoms with van der Waals surface area (Å²) in [7, 11) is 1.57. The molecule has 1 aliphatic heterocycles. The zero-order chi connectivity index (χ0) is 24.1. The number of nitrogen functional groups attached to an aromatic ring is 1. The predicted octanol–water partition coefficient (Wildman–Crippen LogP) is 3.74. The molecule has 1 aliphatic rings. The molecule has 34 heavy (non-hydrogen) atoms. The van der Waals surface area contributed by atoms with Crippen LogP contribution in [-0.2, 0) is 4.79 Å². The monoisotopic (exact) mass is 458 g/mol. The maximum atomic E-state index is 11.5. The van der Waals surface area contributed by atoms with Gasteiger partial charge in [-0.15, -0.1) is 0 Å². The third kappa shape index (κ3) is 5.35. The minimum Gasteiger partial charge on any atom is -0.497 e. The van der Waals surface area contributed by atoms with Crippen molar-refractivity contribution in [3.63, 3.8) is 0 Å². The van der Waals surface area contributed by atoms with E-state index in [1.54, 1.807) is 56.6 Å². The van der Waals surface area contributed by atoms with Gasteiger partial charge in [0.15, 0.2) is 0 Å². The molecule has 0 bridgehead atoms. The van der Waals surface area contributed by atoms with Gasteiger partial charge >= 0.3 is 0 Å². The fourth-order valence-electron chi connectivity index (χ4n) is 3.87. The number of benzene rings is 2. The summed E-state index contributed by atoms with van der Waals surface area (Å²) in [5.41, 5.74) is 9.04. The number of nitrogens with two attached hydrogens (primary N) is 1. The SMILES string of the molecule is COc1cc(N)cc(Nc2nccc(-c3ccc(OC4CCN(C(C)=O)CC4)c(C#N)c3)n2)c1. The maximum Gasteiger partial charge on any atom is 0.227 e. The molecule has 4 rings (SSSR count). The summed E-state index contributed by atoms with van der Waals surface area (Å²) in [4.78, 5) is 22.2. The van der Waals surface area contributed by atoms with E-state index in [0.29, 0.717) is 53.2 Å². The van der Waals surface area contributed by atoms with Crippen molar-refractivity contribution in [2.45, 2.75) is 25.9 Å². The number of hydrogen-bond acceptors (Lipinski definition) is 8. The van der Waals surface area contributed by atoms with Crippen molar-refractivity contribution >= 4 is 23.2 Å². The minimum absolute atomic E-state index is 0.0290. The van der Waals surface area contributed by atoms with Crippen molar-refractivity contribution in [1.29, 1.82) is 5.26 Å². The van der Waals surface area contributed by atoms with E-state index in [4.69, 9.17) is 15.2 Å². The molecule has 1 fully saturated rings. The number of amides is 1. The lowest BCUT2D eigenvalue weighted by Crippen LogP contribution is -2.40. The van der Waals surface area contributed by atoms with Crippen LogP contribution in [0.1, 0.15) is 25.3 Å². The molecule has 9 heteroatoms. The summed E-state index contributed by atoms with van der Waals surface area (Å²) in [5, 5.41) is 12.8. The van der Waals surface area contributed by atoms with Crippen molar-refractivity contribution < 1.29 is 14.3 Å². The van der Waals surface area contributed by atoms with Gasteiger partial charge in [-0.2, -0.15) is 5.26 Å². The Bertz CT molecular complexity index is 1230. The fourth-order valence-corrected chi connectivity index (χ4v) is 3.87. The Hall–Kier alpha value is -4.32. The van der Waals surface area contributed by atoms with Crippen LogP contribution < -0.4 is 20.5 Å². The molecule has 0 radical (unpaired) electrons. The van der Waals surface area contributed by atoms with Crippen LogP contribution in [0, 0.1) is 11.3 Å². The van der Waals surface area contributed by atoms with Crippen molar-refractivity contribution in [3.8, 4) is 28.8 Å². The normalized spacial score (nSPS) is 13.7. The molecule has 174 valence electrons. The molecule has 0 spiro atoms. The van der Waals surface area contributed by atoms with Gasteiger partial charge in [-0.05, 0) is 30.3 Å². The van der Waals surface area contributed by atoms with Crippen LogP contribution in [0.2, 0.25) is 0 Å². The number of aromatic nitrogens is 2. The number of hydrogen-bond donors (Lipinski definition) is 2. The topological polar surface area (TPSA) is 126 Å². The highest BCUT2D eigenvalue weighted by atomic mass is 16.5. The van der Waals surface area contributed by atoms with E-state index in [9.17, 15) is 10.1 Å². The van der Waals surface area contributed by atoms with Gasteiger partial charge in [-0.25, -0.2) is 9.97 Å². The van der Waals surface area contributed by atoms with Crippen LogP contribution in [0.15, 0.2) is 48.7 Å². The molecule has 0 aliphatic carbocycles. The van der Waals surface area contributed by atoms with E-state index in [0.717, 1.165) is 18.4 Å². The summed E-state index contributed by atoms with van der Waals surface area (Å²) < 4.78 is 11.4. The van der Waals surface area contributed by atoms with E-state index in [2.05, 4.69) is 21.4 Å². The lowest BCUT2D eigenvalue weighted by molar-refractivity contribution is -0.130. The van der Waals surface area contributed by atoms with Gasteiger partial charge in [0.2, 0.25) is 11.9 Å². The van der Waals surface area contributed by atoms with Crippen LogP contribution in [-0.4, -0.2) is 47.1 Å². The van der Waals surface area contributed by atoms with Crippen LogP contribution in [0.25, 0.3) is 11.3 Å². The summed E-state index contributed by atoms with van der Waals surface area (Å²) in [6.07, 6.45) is 3.09. The maximum absolute atomic E-state index is 11.5. The second kappa shape index (κ2) is 10.1. The molecular formula is C25H26N6O3. The number of rotatable bonds is 6. The highest BCUT2D eigenvalue weighted by Gasteiger charge is 2.23.